The molecule has 0 unspecified atom stereocenters. The molecule has 0 rings (SSSR count). The first-order valence-corrected chi connectivity index (χ1v) is 3.01. The van der Waals surface area contributed by atoms with Gasteiger partial charge in [0.25, 0.3) is 0 Å². The molecule has 0 atom stereocenters. The number of nitrogens with zero attached hydrogens (tertiary/aromatic N) is 1. The van der Waals surface area contributed by atoms with Crippen molar-refractivity contribution in [2.45, 2.75) is 6.92 Å². The second-order valence-electron chi connectivity index (χ2n) is 2.04. The van der Waals surface area contributed by atoms with Crippen molar-refractivity contribution < 1.29 is 4.84 Å². The zero-order valence-electron chi connectivity index (χ0n) is 7.06. The third-order valence-corrected chi connectivity index (χ3v) is 0.289. The molecule has 0 amide bonds. The van der Waals surface area contributed by atoms with Gasteiger partial charge in [-0.05, 0) is 21.1 Å². The summed E-state index contributed by atoms with van der Waals surface area (Å²) in [4.78, 5) is 6.44. The van der Waals surface area contributed by atoms with Gasteiger partial charge in [-0.3, -0.25) is 0 Å². The van der Waals surface area contributed by atoms with Crippen LogP contribution in [0.3, 0.4) is 0 Å². The molecule has 9 heavy (non-hydrogen) atoms. The van der Waals surface area contributed by atoms with E-state index in [0.717, 1.165) is 6.54 Å². The molecular formula is C6H18N2O. The molecule has 1 N–H and O–H groups in total. The monoisotopic (exact) mass is 134 g/mol. The molecule has 0 heterocycles. The van der Waals surface area contributed by atoms with Crippen LogP contribution in [0.15, 0.2) is 0 Å². The van der Waals surface area contributed by atoms with Gasteiger partial charge in [-0.1, -0.05) is 6.92 Å². The van der Waals surface area contributed by atoms with Crippen molar-refractivity contribution in [1.29, 1.82) is 0 Å². The third kappa shape index (κ3) is 77.1. The summed E-state index contributed by atoms with van der Waals surface area (Å²) in [5.41, 5.74) is 2.61. The topological polar surface area (TPSA) is 24.5 Å². The predicted molar refractivity (Wildman–Crippen MR) is 40.3 cm³/mol. The summed E-state index contributed by atoms with van der Waals surface area (Å²) < 4.78 is 0. The van der Waals surface area contributed by atoms with Crippen LogP contribution in [0.5, 0.6) is 0 Å². The van der Waals surface area contributed by atoms with Crippen LogP contribution in [0.4, 0.5) is 0 Å². The Morgan fingerprint density at radius 2 is 1.67 bits per heavy atom. The summed E-state index contributed by atoms with van der Waals surface area (Å²) in [6, 6.07) is 0. The number of hydroxylamine groups is 1. The minimum Gasteiger partial charge on any atom is -0.312 e. The summed E-state index contributed by atoms with van der Waals surface area (Å²) in [6.07, 6.45) is 0. The van der Waals surface area contributed by atoms with Gasteiger partial charge in [-0.15, -0.1) is 0 Å². The molecular weight excluding hydrogens is 116 g/mol. The largest absolute Gasteiger partial charge is 0.312 e. The fraction of sp³-hybridized carbons (Fsp3) is 1.00. The van der Waals surface area contributed by atoms with Gasteiger partial charge in [0.1, 0.15) is 0 Å². The molecule has 0 aromatic carbocycles. The van der Waals surface area contributed by atoms with Crippen LogP contribution in [0, 0.1) is 0 Å². The normalized spacial score (nSPS) is 8.67. The fourth-order valence-electron chi connectivity index (χ4n) is 0.144. The molecule has 0 aromatic heterocycles. The van der Waals surface area contributed by atoms with Crippen molar-refractivity contribution in [2.75, 3.05) is 34.8 Å². The Balaban J connectivity index is 0. The summed E-state index contributed by atoms with van der Waals surface area (Å²) in [5, 5.41) is 0. The standard InChI is InChI=1S/C3H9NO.C3H9N/c1-3-4-5-2;1-4(2)3/h4H,3H2,1-2H3;1-3H3. The highest BCUT2D eigenvalue weighted by molar-refractivity contribution is 4.09. The van der Waals surface area contributed by atoms with Gasteiger partial charge in [0.05, 0.1) is 7.11 Å². The van der Waals surface area contributed by atoms with E-state index in [0.29, 0.717) is 0 Å². The second-order valence-corrected chi connectivity index (χ2v) is 2.04. The lowest BCUT2D eigenvalue weighted by atomic mass is 10.8. The van der Waals surface area contributed by atoms with Crippen LogP contribution in [-0.4, -0.2) is 39.7 Å². The average molecular weight is 134 g/mol. The number of rotatable bonds is 2. The van der Waals surface area contributed by atoms with Gasteiger partial charge in [-0.25, -0.2) is 5.48 Å². The number of nitrogens with one attached hydrogen (secondary N) is 1. The summed E-state index contributed by atoms with van der Waals surface area (Å²) >= 11 is 0. The first-order valence-electron chi connectivity index (χ1n) is 3.01. The fourth-order valence-corrected chi connectivity index (χ4v) is 0.144. The van der Waals surface area contributed by atoms with Crippen molar-refractivity contribution >= 4 is 0 Å². The van der Waals surface area contributed by atoms with Crippen LogP contribution < -0.4 is 5.48 Å². The molecule has 0 aromatic rings. The van der Waals surface area contributed by atoms with E-state index in [1.54, 1.807) is 7.11 Å². The summed E-state index contributed by atoms with van der Waals surface area (Å²) in [5.74, 6) is 0. The molecule has 0 fully saturated rings. The van der Waals surface area contributed by atoms with E-state index in [9.17, 15) is 0 Å². The van der Waals surface area contributed by atoms with Gasteiger partial charge in [0.2, 0.25) is 0 Å². The highest BCUT2D eigenvalue weighted by Gasteiger charge is 1.61. The first-order chi connectivity index (χ1) is 4.15. The van der Waals surface area contributed by atoms with Crippen molar-refractivity contribution in [1.82, 2.24) is 10.4 Å². The lowest BCUT2D eigenvalue weighted by molar-refractivity contribution is 0.0962. The van der Waals surface area contributed by atoms with Gasteiger partial charge in [0.15, 0.2) is 0 Å². The Morgan fingerprint density at radius 1 is 1.33 bits per heavy atom. The molecule has 0 radical (unpaired) electrons. The Hall–Kier alpha value is -0.120. The van der Waals surface area contributed by atoms with Crippen LogP contribution in [0.25, 0.3) is 0 Å². The summed E-state index contributed by atoms with van der Waals surface area (Å²) in [7, 11) is 7.60. The predicted octanol–water partition coefficient (Wildman–Crippen LogP) is 0.335. The van der Waals surface area contributed by atoms with Crippen LogP contribution >= 0.6 is 0 Å². The molecule has 0 spiro atoms. The van der Waals surface area contributed by atoms with Crippen LogP contribution in [0.2, 0.25) is 0 Å². The van der Waals surface area contributed by atoms with Crippen molar-refractivity contribution in [3.63, 3.8) is 0 Å². The molecule has 0 aliphatic heterocycles. The minimum absolute atomic E-state index is 0.872. The van der Waals surface area contributed by atoms with Crippen LogP contribution in [0.1, 0.15) is 6.92 Å². The van der Waals surface area contributed by atoms with Gasteiger partial charge >= 0.3 is 0 Å². The molecule has 0 aliphatic rings. The van der Waals surface area contributed by atoms with Crippen molar-refractivity contribution in [3.05, 3.63) is 0 Å². The Bertz CT molecular complexity index is 35.3. The molecule has 3 heteroatoms. The van der Waals surface area contributed by atoms with E-state index >= 15 is 0 Å². The van der Waals surface area contributed by atoms with E-state index in [1.165, 1.54) is 0 Å². The average Bonchev–Trinajstić information content (AvgIpc) is 1.66. The smallest absolute Gasteiger partial charge is 0.0572 e. The maximum absolute atomic E-state index is 4.44. The van der Waals surface area contributed by atoms with Crippen molar-refractivity contribution in [2.24, 2.45) is 0 Å². The number of hydrogen-bond acceptors (Lipinski definition) is 3. The molecule has 0 aliphatic carbocycles. The van der Waals surface area contributed by atoms with Crippen LogP contribution in [-0.2, 0) is 4.84 Å². The molecule has 0 bridgehead atoms. The maximum atomic E-state index is 4.44. The van der Waals surface area contributed by atoms with E-state index in [4.69, 9.17) is 0 Å². The lowest BCUT2D eigenvalue weighted by Gasteiger charge is -1.90. The highest BCUT2D eigenvalue weighted by Crippen LogP contribution is 1.47. The van der Waals surface area contributed by atoms with Gasteiger partial charge in [-0.2, -0.15) is 0 Å². The Labute approximate surface area is 57.9 Å². The van der Waals surface area contributed by atoms with Crippen molar-refractivity contribution in [3.8, 4) is 0 Å². The zero-order valence-corrected chi connectivity index (χ0v) is 7.06. The quantitative estimate of drug-likeness (QED) is 0.551. The molecule has 0 saturated heterocycles. The van der Waals surface area contributed by atoms with Gasteiger partial charge in [0, 0.05) is 6.54 Å². The second kappa shape index (κ2) is 10.8. The molecule has 0 saturated carbocycles. The minimum atomic E-state index is 0.872. The van der Waals surface area contributed by atoms with E-state index in [1.807, 2.05) is 33.0 Å². The van der Waals surface area contributed by atoms with E-state index in [2.05, 4.69) is 10.3 Å². The first kappa shape index (κ1) is 11.6. The Kier molecular flexibility index (Phi) is 14.0. The van der Waals surface area contributed by atoms with E-state index < -0.39 is 0 Å². The zero-order chi connectivity index (χ0) is 7.70. The SMILES string of the molecule is CCNOC.CN(C)C. The summed E-state index contributed by atoms with van der Waals surface area (Å²) in [6.45, 7) is 2.85. The maximum Gasteiger partial charge on any atom is 0.0572 e. The Morgan fingerprint density at radius 3 is 1.67 bits per heavy atom. The molecule has 58 valence electrons. The highest BCUT2D eigenvalue weighted by atomic mass is 16.6. The third-order valence-electron chi connectivity index (χ3n) is 0.289. The lowest BCUT2D eigenvalue weighted by Crippen LogP contribution is -2.08. The van der Waals surface area contributed by atoms with Gasteiger partial charge < -0.3 is 9.74 Å². The van der Waals surface area contributed by atoms with E-state index in [-0.39, 0.29) is 0 Å². The molecule has 3 nitrogen and oxygen atoms in total. The number of hydrogen-bond donors (Lipinski definition) is 1.